The second kappa shape index (κ2) is 5.30. The van der Waals surface area contributed by atoms with Crippen LogP contribution in [0.5, 0.6) is 0 Å². The minimum atomic E-state index is -6.09. The van der Waals surface area contributed by atoms with Crippen LogP contribution in [-0.4, -0.2) is 42.9 Å². The van der Waals surface area contributed by atoms with Gasteiger partial charge in [-0.3, -0.25) is 0 Å². The van der Waals surface area contributed by atoms with Gasteiger partial charge in [0, 0.05) is 13.8 Å². The number of hydrogen-bond donors (Lipinski definition) is 0. The van der Waals surface area contributed by atoms with Crippen molar-refractivity contribution in [3.63, 3.8) is 0 Å². The van der Waals surface area contributed by atoms with E-state index in [0.29, 0.717) is 0 Å². The van der Waals surface area contributed by atoms with Gasteiger partial charge in [0.15, 0.2) is 10.1 Å². The molecule has 0 atom stereocenters. The summed E-state index contributed by atoms with van der Waals surface area (Å²) in [5, 5.41) is 0. The van der Waals surface area contributed by atoms with E-state index in [1.807, 2.05) is 14.1 Å². The summed E-state index contributed by atoms with van der Waals surface area (Å²) in [5.41, 5.74) is -4.30. The molecule has 0 amide bonds. The van der Waals surface area contributed by atoms with Crippen molar-refractivity contribution in [3.8, 4) is 0 Å². The molecule has 0 fully saturated rings. The molecule has 4 nitrogen and oxygen atoms in total. The first-order chi connectivity index (χ1) is 5.89. The summed E-state index contributed by atoms with van der Waals surface area (Å²) in [6.07, 6.45) is 0. The lowest BCUT2D eigenvalue weighted by Crippen LogP contribution is -2.21. The van der Waals surface area contributed by atoms with E-state index in [9.17, 15) is 13.2 Å². The summed E-state index contributed by atoms with van der Waals surface area (Å²) in [5.74, 6) is 0. The molecule has 0 radical (unpaired) electrons. The van der Waals surface area contributed by atoms with Crippen LogP contribution in [-0.2, 0) is 10.1 Å². The van der Waals surface area contributed by atoms with E-state index < -0.39 is 15.6 Å². The molecule has 0 N–H and O–H groups in total. The molecule has 0 aliphatic carbocycles. The van der Waals surface area contributed by atoms with Crippen LogP contribution in [0.3, 0.4) is 0 Å². The molecule has 0 unspecified atom stereocenters. The van der Waals surface area contributed by atoms with Crippen LogP contribution in [0.15, 0.2) is 0 Å². The Hall–Kier alpha value is -0.630. The van der Waals surface area contributed by atoms with Gasteiger partial charge in [-0.05, 0) is 0 Å². The lowest BCUT2D eigenvalue weighted by Gasteiger charge is -2.08. The van der Waals surface area contributed by atoms with Crippen molar-refractivity contribution in [2.24, 2.45) is 0 Å². The molecular weight excluding hydrogens is 223 g/mol. The normalized spacial score (nSPS) is 11.4. The van der Waals surface area contributed by atoms with Crippen LogP contribution in [0.4, 0.5) is 13.2 Å². The van der Waals surface area contributed by atoms with Gasteiger partial charge in [0.2, 0.25) is 0 Å². The highest BCUT2D eigenvalue weighted by Gasteiger charge is 2.36. The summed E-state index contributed by atoms with van der Waals surface area (Å²) in [4.78, 5) is 0. The summed E-state index contributed by atoms with van der Waals surface area (Å²) < 4.78 is 61.0. The highest BCUT2D eigenvalue weighted by Crippen LogP contribution is 2.20. The molecule has 0 saturated heterocycles. The second-order valence-electron chi connectivity index (χ2n) is 2.74. The lowest BCUT2D eigenvalue weighted by atomic mass is 10.5. The van der Waals surface area contributed by atoms with E-state index in [4.69, 9.17) is 13.0 Å². The molecular formula is C6H12F3NO3S. The molecule has 0 aromatic carbocycles. The third-order valence-electron chi connectivity index (χ3n) is 1.18. The van der Waals surface area contributed by atoms with E-state index in [0.717, 1.165) is 0 Å². The molecule has 0 aliphatic rings. The van der Waals surface area contributed by atoms with Gasteiger partial charge in [-0.1, -0.05) is 0 Å². The van der Waals surface area contributed by atoms with Gasteiger partial charge in [-0.25, -0.2) is 13.0 Å². The number of rotatable bonds is 0. The minimum absolute atomic E-state index is 1.34. The molecule has 86 valence electrons. The monoisotopic (exact) mass is 235 g/mol. The van der Waals surface area contributed by atoms with Gasteiger partial charge in [0.25, 0.3) is 0 Å². The average molecular weight is 235 g/mol. The van der Waals surface area contributed by atoms with E-state index in [-0.39, 0.29) is 0 Å². The third kappa shape index (κ3) is 7.99. The smallest absolute Gasteiger partial charge is 0.485 e. The van der Waals surface area contributed by atoms with Crippen molar-refractivity contribution < 1.29 is 30.7 Å². The third-order valence-corrected chi connectivity index (χ3v) is 1.74. The number of alkyl halides is 3. The zero-order valence-electron chi connectivity index (χ0n) is 8.21. The zero-order chi connectivity index (χ0) is 12.2. The Bertz CT molecular complexity index is 287. The van der Waals surface area contributed by atoms with Crippen LogP contribution in [0.25, 0.3) is 0 Å². The van der Waals surface area contributed by atoms with E-state index in [1.54, 1.807) is 0 Å². The topological polar surface area (TPSA) is 60.2 Å². The molecule has 0 rings (SSSR count). The Morgan fingerprint density at radius 3 is 1.36 bits per heavy atom. The number of hydrogen-bond acceptors (Lipinski definition) is 3. The predicted molar refractivity (Wildman–Crippen MR) is 44.2 cm³/mol. The van der Waals surface area contributed by atoms with Crippen LogP contribution < -0.4 is 0 Å². The Labute approximate surface area is 80.8 Å². The SMILES string of the molecule is CC(C)=[N+](C)C.O=S(=O)([O-])C(F)(F)F. The largest absolute Gasteiger partial charge is 0.741 e. The van der Waals surface area contributed by atoms with Gasteiger partial charge in [-0.15, -0.1) is 0 Å². The first kappa shape index (κ1) is 15.8. The maximum Gasteiger partial charge on any atom is 0.485 e. The molecule has 0 heterocycles. The van der Waals surface area contributed by atoms with Crippen molar-refractivity contribution in [3.05, 3.63) is 0 Å². The fourth-order valence-electron chi connectivity index (χ4n) is 0. The van der Waals surface area contributed by atoms with Gasteiger partial charge in [-0.2, -0.15) is 13.2 Å². The van der Waals surface area contributed by atoms with Crippen molar-refractivity contribution in [1.82, 2.24) is 0 Å². The van der Waals surface area contributed by atoms with Crippen LogP contribution in [0.2, 0.25) is 0 Å². The van der Waals surface area contributed by atoms with E-state index in [1.165, 1.54) is 5.71 Å². The Kier molecular flexibility index (Phi) is 5.99. The highest BCUT2D eigenvalue weighted by molar-refractivity contribution is 7.86. The molecule has 0 saturated carbocycles. The van der Waals surface area contributed by atoms with E-state index in [2.05, 4.69) is 18.4 Å². The predicted octanol–water partition coefficient (Wildman–Crippen LogP) is 0.791. The Balaban J connectivity index is 0. The maximum atomic E-state index is 10.7. The molecule has 0 bridgehead atoms. The average Bonchev–Trinajstić information content (AvgIpc) is 1.83. The van der Waals surface area contributed by atoms with Gasteiger partial charge >= 0.3 is 5.51 Å². The van der Waals surface area contributed by atoms with Crippen molar-refractivity contribution in [1.29, 1.82) is 0 Å². The quantitative estimate of drug-likeness (QED) is 0.270. The second-order valence-corrected chi connectivity index (χ2v) is 4.11. The van der Waals surface area contributed by atoms with Gasteiger partial charge in [0.05, 0.1) is 0 Å². The van der Waals surface area contributed by atoms with Crippen molar-refractivity contribution >= 4 is 15.8 Å². The fraction of sp³-hybridized carbons (Fsp3) is 0.833. The number of nitrogens with zero attached hydrogens (tertiary/aromatic N) is 1. The minimum Gasteiger partial charge on any atom is -0.741 e. The number of halogens is 3. The summed E-state index contributed by atoms with van der Waals surface area (Å²) >= 11 is 0. The molecule has 14 heavy (non-hydrogen) atoms. The summed E-state index contributed by atoms with van der Waals surface area (Å²) in [7, 11) is -2.02. The van der Waals surface area contributed by atoms with Crippen LogP contribution in [0.1, 0.15) is 13.8 Å². The highest BCUT2D eigenvalue weighted by atomic mass is 32.2. The molecule has 8 heteroatoms. The van der Waals surface area contributed by atoms with Crippen LogP contribution >= 0.6 is 0 Å². The Morgan fingerprint density at radius 1 is 1.21 bits per heavy atom. The van der Waals surface area contributed by atoms with E-state index >= 15 is 0 Å². The molecule has 0 aromatic heterocycles. The fourth-order valence-corrected chi connectivity index (χ4v) is 0. The van der Waals surface area contributed by atoms with Crippen LogP contribution in [0, 0.1) is 0 Å². The maximum absolute atomic E-state index is 10.7. The lowest BCUT2D eigenvalue weighted by molar-refractivity contribution is -0.465. The summed E-state index contributed by atoms with van der Waals surface area (Å²) in [6.45, 7) is 4.17. The van der Waals surface area contributed by atoms with Crippen molar-refractivity contribution in [2.45, 2.75) is 19.4 Å². The molecule has 0 aliphatic heterocycles. The first-order valence-corrected chi connectivity index (χ1v) is 4.80. The molecule has 0 spiro atoms. The van der Waals surface area contributed by atoms with Gasteiger partial charge < -0.3 is 4.55 Å². The standard InChI is InChI=1S/C5H12N.CHF3O3S/c1-5(2)6(3)4;2-1(3,4)8(5,6)7/h1-4H3;(H,5,6,7)/q+1;/p-1. The molecule has 0 aromatic rings. The van der Waals surface area contributed by atoms with Gasteiger partial charge in [0.1, 0.15) is 19.8 Å². The van der Waals surface area contributed by atoms with Crippen molar-refractivity contribution in [2.75, 3.05) is 14.1 Å². The Morgan fingerprint density at radius 2 is 1.36 bits per heavy atom. The zero-order valence-corrected chi connectivity index (χ0v) is 9.03. The first-order valence-electron chi connectivity index (χ1n) is 3.39. The summed E-state index contributed by atoms with van der Waals surface area (Å²) in [6, 6.07) is 0.